The van der Waals surface area contributed by atoms with Crippen LogP contribution < -0.4 is 5.32 Å². The van der Waals surface area contributed by atoms with Gasteiger partial charge in [0.15, 0.2) is 0 Å². The maximum Gasteiger partial charge on any atom is 0.257 e. The van der Waals surface area contributed by atoms with Gasteiger partial charge in [0.2, 0.25) is 10.0 Å². The maximum atomic E-state index is 13.0. The van der Waals surface area contributed by atoms with Crippen LogP contribution in [0.3, 0.4) is 0 Å². The Morgan fingerprint density at radius 3 is 2.53 bits per heavy atom. The highest BCUT2D eigenvalue weighted by Gasteiger charge is 2.27. The van der Waals surface area contributed by atoms with Crippen molar-refractivity contribution >= 4 is 21.6 Å². The first kappa shape index (κ1) is 20.1. The van der Waals surface area contributed by atoms with Gasteiger partial charge in [-0.25, -0.2) is 8.42 Å². The molecule has 1 N–H and O–H groups in total. The average Bonchev–Trinajstić information content (AvgIpc) is 3.29. The minimum Gasteiger partial charge on any atom is -0.322 e. The van der Waals surface area contributed by atoms with E-state index in [9.17, 15) is 13.2 Å². The van der Waals surface area contributed by atoms with Crippen molar-refractivity contribution in [3.8, 4) is 5.69 Å². The smallest absolute Gasteiger partial charge is 0.257 e. The van der Waals surface area contributed by atoms with Gasteiger partial charge >= 0.3 is 0 Å². The second kappa shape index (κ2) is 8.30. The first-order valence-electron chi connectivity index (χ1n) is 9.38. The standard InChI is InChI=1S/C19H21N7O3S/c1-24-9-11-25(12-10-24)30(28,29)16-6-4-5-15(13-16)21-19(27)17-7-2-3-8-18(17)26-14-20-22-23-26/h2-8,13-14H,9-12H2,1H3,(H,21,27). The first-order chi connectivity index (χ1) is 14.4. The molecule has 0 atom stereocenters. The van der Waals surface area contributed by atoms with Crippen molar-refractivity contribution in [2.45, 2.75) is 4.90 Å². The number of para-hydroxylation sites is 1. The van der Waals surface area contributed by atoms with Crippen molar-refractivity contribution in [1.29, 1.82) is 0 Å². The van der Waals surface area contributed by atoms with Crippen LogP contribution in [0.4, 0.5) is 5.69 Å². The Bertz CT molecular complexity index is 1140. The number of anilines is 1. The van der Waals surface area contributed by atoms with Crippen LogP contribution in [0.15, 0.2) is 59.8 Å². The first-order valence-corrected chi connectivity index (χ1v) is 10.8. The van der Waals surface area contributed by atoms with Crippen LogP contribution in [0.1, 0.15) is 10.4 Å². The van der Waals surface area contributed by atoms with E-state index < -0.39 is 15.9 Å². The number of benzene rings is 2. The highest BCUT2D eigenvalue weighted by molar-refractivity contribution is 7.89. The van der Waals surface area contributed by atoms with Crippen molar-refractivity contribution < 1.29 is 13.2 Å². The number of carbonyl (C=O) groups excluding carboxylic acids is 1. The summed E-state index contributed by atoms with van der Waals surface area (Å²) < 4.78 is 28.8. The summed E-state index contributed by atoms with van der Waals surface area (Å²) in [6.45, 7) is 2.25. The zero-order valence-corrected chi connectivity index (χ0v) is 17.2. The van der Waals surface area contributed by atoms with E-state index in [-0.39, 0.29) is 4.90 Å². The Kier molecular flexibility index (Phi) is 5.57. The van der Waals surface area contributed by atoms with Gasteiger partial charge in [-0.2, -0.15) is 8.99 Å². The Morgan fingerprint density at radius 2 is 1.80 bits per heavy atom. The average molecular weight is 427 g/mol. The Morgan fingerprint density at radius 1 is 1.03 bits per heavy atom. The molecule has 0 unspecified atom stereocenters. The fourth-order valence-electron chi connectivity index (χ4n) is 3.25. The summed E-state index contributed by atoms with van der Waals surface area (Å²) in [4.78, 5) is 15.1. The summed E-state index contributed by atoms with van der Waals surface area (Å²) in [6, 6.07) is 13.2. The molecule has 0 aliphatic carbocycles. The van der Waals surface area contributed by atoms with Gasteiger partial charge < -0.3 is 10.2 Å². The van der Waals surface area contributed by atoms with Gasteiger partial charge in [0.25, 0.3) is 5.91 Å². The summed E-state index contributed by atoms with van der Waals surface area (Å²) >= 11 is 0. The Hall–Kier alpha value is -3.15. The van der Waals surface area contributed by atoms with Gasteiger partial charge in [0.1, 0.15) is 6.33 Å². The molecule has 0 bridgehead atoms. The monoisotopic (exact) mass is 427 g/mol. The van der Waals surface area contributed by atoms with Gasteiger partial charge in [-0.1, -0.05) is 18.2 Å². The van der Waals surface area contributed by atoms with Crippen LogP contribution in [-0.4, -0.2) is 77.0 Å². The van der Waals surface area contributed by atoms with Gasteiger partial charge in [-0.3, -0.25) is 4.79 Å². The van der Waals surface area contributed by atoms with Gasteiger partial charge in [0.05, 0.1) is 16.1 Å². The third-order valence-corrected chi connectivity index (χ3v) is 6.83. The third kappa shape index (κ3) is 4.08. The van der Waals surface area contributed by atoms with E-state index in [0.29, 0.717) is 43.1 Å². The lowest BCUT2D eigenvalue weighted by Gasteiger charge is -2.31. The minimum absolute atomic E-state index is 0.151. The van der Waals surface area contributed by atoms with Crippen LogP contribution >= 0.6 is 0 Å². The quantitative estimate of drug-likeness (QED) is 0.642. The number of hydrogen-bond donors (Lipinski definition) is 1. The van der Waals surface area contributed by atoms with Crippen molar-refractivity contribution in [3.63, 3.8) is 0 Å². The number of hydrogen-bond acceptors (Lipinski definition) is 7. The molecule has 1 amide bonds. The van der Waals surface area contributed by atoms with Crippen molar-refractivity contribution in [3.05, 3.63) is 60.4 Å². The topological polar surface area (TPSA) is 113 Å². The normalized spacial score (nSPS) is 15.8. The van der Waals surface area contributed by atoms with Crippen LogP contribution in [0.2, 0.25) is 0 Å². The second-order valence-electron chi connectivity index (χ2n) is 6.96. The molecule has 0 saturated carbocycles. The summed E-state index contributed by atoms with van der Waals surface area (Å²) in [6.07, 6.45) is 1.40. The molecule has 1 aromatic heterocycles. The maximum absolute atomic E-state index is 13.0. The Balaban J connectivity index is 1.57. The number of nitrogens with one attached hydrogen (secondary N) is 1. The number of carbonyl (C=O) groups is 1. The molecule has 0 radical (unpaired) electrons. The van der Waals surface area contributed by atoms with Gasteiger partial charge in [0, 0.05) is 31.9 Å². The highest BCUT2D eigenvalue weighted by atomic mass is 32.2. The lowest BCUT2D eigenvalue weighted by atomic mass is 10.1. The fourth-order valence-corrected chi connectivity index (χ4v) is 4.72. The summed E-state index contributed by atoms with van der Waals surface area (Å²) in [7, 11) is -1.66. The number of amides is 1. The zero-order valence-electron chi connectivity index (χ0n) is 16.3. The third-order valence-electron chi connectivity index (χ3n) is 4.94. The highest BCUT2D eigenvalue weighted by Crippen LogP contribution is 2.22. The predicted molar refractivity (Wildman–Crippen MR) is 110 cm³/mol. The molecule has 1 aliphatic heterocycles. The summed E-state index contributed by atoms with van der Waals surface area (Å²) in [5.41, 5.74) is 1.26. The van der Waals surface area contributed by atoms with Crippen LogP contribution in [0.25, 0.3) is 5.69 Å². The van der Waals surface area contributed by atoms with Crippen molar-refractivity contribution in [2.75, 3.05) is 38.5 Å². The number of aromatic nitrogens is 4. The minimum atomic E-state index is -3.63. The molecule has 0 spiro atoms. The predicted octanol–water partition coefficient (Wildman–Crippen LogP) is 0.851. The molecule has 10 nitrogen and oxygen atoms in total. The zero-order chi connectivity index (χ0) is 21.1. The van der Waals surface area contributed by atoms with E-state index in [0.717, 1.165) is 0 Å². The van der Waals surface area contributed by atoms with Crippen LogP contribution in [0, 0.1) is 0 Å². The fraction of sp³-hybridized carbons (Fsp3) is 0.263. The number of piperazine rings is 1. The summed E-state index contributed by atoms with van der Waals surface area (Å²) in [5, 5.41) is 13.8. The van der Waals surface area contributed by atoms with Crippen LogP contribution in [-0.2, 0) is 10.0 Å². The van der Waals surface area contributed by atoms with Crippen molar-refractivity contribution in [2.24, 2.45) is 0 Å². The number of tetrazole rings is 1. The van der Waals surface area contributed by atoms with E-state index in [1.165, 1.54) is 21.4 Å². The van der Waals surface area contributed by atoms with Crippen LogP contribution in [0.5, 0.6) is 0 Å². The lowest BCUT2D eigenvalue weighted by Crippen LogP contribution is -2.47. The molecule has 11 heteroatoms. The van der Waals surface area contributed by atoms with Gasteiger partial charge in [-0.15, -0.1) is 5.10 Å². The number of sulfonamides is 1. The molecule has 1 fully saturated rings. The molecule has 3 aromatic rings. The molecule has 2 heterocycles. The Labute approximate surface area is 174 Å². The lowest BCUT2D eigenvalue weighted by molar-refractivity contribution is 0.102. The largest absolute Gasteiger partial charge is 0.322 e. The molecular formula is C19H21N7O3S. The summed E-state index contributed by atoms with van der Waals surface area (Å²) in [5.74, 6) is -0.393. The number of rotatable bonds is 5. The molecular weight excluding hydrogens is 406 g/mol. The van der Waals surface area contributed by atoms with E-state index >= 15 is 0 Å². The molecule has 1 saturated heterocycles. The molecule has 2 aromatic carbocycles. The molecule has 30 heavy (non-hydrogen) atoms. The van der Waals surface area contributed by atoms with Crippen molar-refractivity contribution in [1.82, 2.24) is 29.4 Å². The molecule has 4 rings (SSSR count). The van der Waals surface area contributed by atoms with E-state index in [4.69, 9.17) is 0 Å². The molecule has 1 aliphatic rings. The second-order valence-corrected chi connectivity index (χ2v) is 8.90. The van der Waals surface area contributed by atoms with E-state index in [1.807, 2.05) is 7.05 Å². The SMILES string of the molecule is CN1CCN(S(=O)(=O)c2cccc(NC(=O)c3ccccc3-n3cnnn3)c2)CC1. The molecule has 156 valence electrons. The van der Waals surface area contributed by atoms with Gasteiger partial charge in [-0.05, 0) is 47.8 Å². The van der Waals surface area contributed by atoms with E-state index in [1.54, 1.807) is 42.5 Å². The number of likely N-dealkylation sites (N-methyl/N-ethyl adjacent to an activating group) is 1. The number of nitrogens with zero attached hydrogens (tertiary/aromatic N) is 6. The van der Waals surface area contributed by atoms with E-state index in [2.05, 4.69) is 25.7 Å².